The Labute approximate surface area is 211 Å². The Hall–Kier alpha value is -4.32. The van der Waals surface area contributed by atoms with Crippen molar-refractivity contribution in [1.82, 2.24) is 9.97 Å². The van der Waals surface area contributed by atoms with E-state index in [9.17, 15) is 9.59 Å². The zero-order chi connectivity index (χ0) is 25.7. The third-order valence-electron chi connectivity index (χ3n) is 5.70. The Morgan fingerprint density at radius 2 is 1.00 bits per heavy atom. The van der Waals surface area contributed by atoms with E-state index in [-0.39, 0.29) is 23.7 Å². The van der Waals surface area contributed by atoms with Crippen molar-refractivity contribution in [2.45, 2.75) is 27.7 Å². The second-order valence-electron chi connectivity index (χ2n) is 9.27. The van der Waals surface area contributed by atoms with Crippen LogP contribution in [-0.4, -0.2) is 21.8 Å². The molecule has 0 aliphatic heterocycles. The first-order chi connectivity index (χ1) is 17.3. The van der Waals surface area contributed by atoms with E-state index in [2.05, 4.69) is 10.6 Å². The van der Waals surface area contributed by atoms with Crippen LogP contribution in [0.2, 0.25) is 0 Å². The van der Waals surface area contributed by atoms with Crippen LogP contribution in [0.15, 0.2) is 84.9 Å². The van der Waals surface area contributed by atoms with Gasteiger partial charge < -0.3 is 10.6 Å². The maximum absolute atomic E-state index is 12.0. The highest BCUT2D eigenvalue weighted by atomic mass is 16.2. The van der Waals surface area contributed by atoms with Gasteiger partial charge >= 0.3 is 0 Å². The fourth-order valence-corrected chi connectivity index (χ4v) is 3.48. The van der Waals surface area contributed by atoms with Gasteiger partial charge in [0.15, 0.2) is 5.82 Å². The fourth-order valence-electron chi connectivity index (χ4n) is 3.48. The second-order valence-corrected chi connectivity index (χ2v) is 9.27. The lowest BCUT2D eigenvalue weighted by Crippen LogP contribution is -2.17. The Bertz CT molecular complexity index is 1260. The molecule has 0 aliphatic rings. The van der Waals surface area contributed by atoms with Gasteiger partial charge in [-0.25, -0.2) is 9.97 Å². The minimum absolute atomic E-state index is 0.0218. The summed E-state index contributed by atoms with van der Waals surface area (Å²) in [5.74, 6) is 0.399. The van der Waals surface area contributed by atoms with Crippen molar-refractivity contribution in [2.75, 3.05) is 10.6 Å². The van der Waals surface area contributed by atoms with Gasteiger partial charge in [0.2, 0.25) is 11.8 Å². The quantitative estimate of drug-likeness (QED) is 0.311. The summed E-state index contributed by atoms with van der Waals surface area (Å²) in [6.07, 6.45) is 0. The molecule has 1 aromatic heterocycles. The summed E-state index contributed by atoms with van der Waals surface area (Å²) in [6, 6.07) is 27.1. The number of nitrogens with zero attached hydrogens (tertiary/aromatic N) is 2. The van der Waals surface area contributed by atoms with E-state index in [0.717, 1.165) is 39.5 Å². The standard InChI is InChI=1S/C30H30N4O2/c1-19(2)29(35)31-24-14-10-21(11-15-24)26-18-27(34-28(33-26)23-8-6-5-7-9-23)22-12-16-25(17-13-22)32-30(36)20(3)4/h5-20H,1-4H3,(H,31,35)(H,32,36). The van der Waals surface area contributed by atoms with E-state index >= 15 is 0 Å². The maximum Gasteiger partial charge on any atom is 0.226 e. The van der Waals surface area contributed by atoms with Crippen LogP contribution >= 0.6 is 0 Å². The third kappa shape index (κ3) is 6.02. The average Bonchev–Trinajstić information content (AvgIpc) is 2.89. The lowest BCUT2D eigenvalue weighted by atomic mass is 10.1. The lowest BCUT2D eigenvalue weighted by molar-refractivity contribution is -0.119. The second kappa shape index (κ2) is 11.0. The van der Waals surface area contributed by atoms with Crippen LogP contribution in [0, 0.1) is 11.8 Å². The van der Waals surface area contributed by atoms with Crippen molar-refractivity contribution in [3.8, 4) is 33.9 Å². The van der Waals surface area contributed by atoms with Crippen LogP contribution in [0.3, 0.4) is 0 Å². The van der Waals surface area contributed by atoms with Gasteiger partial charge in [0, 0.05) is 39.9 Å². The summed E-state index contributed by atoms with van der Waals surface area (Å²) in [5.41, 5.74) is 5.79. The number of hydrogen-bond acceptors (Lipinski definition) is 4. The van der Waals surface area contributed by atoms with Crippen LogP contribution < -0.4 is 10.6 Å². The predicted molar refractivity (Wildman–Crippen MR) is 145 cm³/mol. The SMILES string of the molecule is CC(C)C(=O)Nc1ccc(-c2cc(-c3ccc(NC(=O)C(C)C)cc3)nc(-c3ccccc3)n2)cc1. The molecule has 0 saturated heterocycles. The first kappa shape index (κ1) is 24.8. The average molecular weight is 479 g/mol. The van der Waals surface area contributed by atoms with Gasteiger partial charge in [-0.05, 0) is 30.3 Å². The summed E-state index contributed by atoms with van der Waals surface area (Å²) in [5, 5.41) is 5.84. The van der Waals surface area contributed by atoms with Gasteiger partial charge in [0.25, 0.3) is 0 Å². The molecule has 0 atom stereocenters. The molecule has 6 heteroatoms. The van der Waals surface area contributed by atoms with E-state index in [1.165, 1.54) is 0 Å². The Morgan fingerprint density at radius 1 is 0.583 bits per heavy atom. The molecule has 0 radical (unpaired) electrons. The first-order valence-corrected chi connectivity index (χ1v) is 12.1. The molecule has 36 heavy (non-hydrogen) atoms. The number of rotatable bonds is 7. The molecular formula is C30H30N4O2. The van der Waals surface area contributed by atoms with E-state index in [1.54, 1.807) is 0 Å². The Kier molecular flexibility index (Phi) is 7.54. The minimum Gasteiger partial charge on any atom is -0.326 e. The molecule has 2 N–H and O–H groups in total. The van der Waals surface area contributed by atoms with Crippen molar-refractivity contribution in [3.05, 3.63) is 84.9 Å². The Morgan fingerprint density at radius 3 is 1.39 bits per heavy atom. The van der Waals surface area contributed by atoms with Crippen LogP contribution in [-0.2, 0) is 9.59 Å². The van der Waals surface area contributed by atoms with Crippen molar-refractivity contribution < 1.29 is 9.59 Å². The molecule has 6 nitrogen and oxygen atoms in total. The van der Waals surface area contributed by atoms with Crippen LogP contribution in [0.4, 0.5) is 11.4 Å². The maximum atomic E-state index is 12.0. The van der Waals surface area contributed by atoms with E-state index in [4.69, 9.17) is 9.97 Å². The highest BCUT2D eigenvalue weighted by Crippen LogP contribution is 2.29. The smallest absolute Gasteiger partial charge is 0.226 e. The van der Waals surface area contributed by atoms with Crippen LogP contribution in [0.25, 0.3) is 33.9 Å². The highest BCUT2D eigenvalue weighted by Gasteiger charge is 2.12. The molecule has 0 unspecified atom stereocenters. The van der Waals surface area contributed by atoms with Crippen molar-refractivity contribution in [3.63, 3.8) is 0 Å². The van der Waals surface area contributed by atoms with Crippen molar-refractivity contribution in [2.24, 2.45) is 11.8 Å². The zero-order valence-corrected chi connectivity index (χ0v) is 20.9. The van der Waals surface area contributed by atoms with E-state index in [1.807, 2.05) is 113 Å². The molecule has 3 aromatic carbocycles. The molecule has 0 spiro atoms. The predicted octanol–water partition coefficient (Wildman–Crippen LogP) is 6.67. The topological polar surface area (TPSA) is 84.0 Å². The summed E-state index contributed by atoms with van der Waals surface area (Å²) in [4.78, 5) is 33.7. The molecule has 0 bridgehead atoms. The van der Waals surface area contributed by atoms with Gasteiger partial charge in [-0.3, -0.25) is 9.59 Å². The first-order valence-electron chi connectivity index (χ1n) is 12.1. The van der Waals surface area contributed by atoms with Crippen LogP contribution in [0.5, 0.6) is 0 Å². The van der Waals surface area contributed by atoms with Crippen molar-refractivity contribution >= 4 is 23.2 Å². The number of amides is 2. The van der Waals surface area contributed by atoms with E-state index in [0.29, 0.717) is 5.82 Å². The Balaban J connectivity index is 1.69. The van der Waals surface area contributed by atoms with Crippen LogP contribution in [0.1, 0.15) is 27.7 Å². The zero-order valence-electron chi connectivity index (χ0n) is 20.9. The molecule has 2 amide bonds. The van der Waals surface area contributed by atoms with Gasteiger partial charge in [-0.1, -0.05) is 82.3 Å². The third-order valence-corrected chi connectivity index (χ3v) is 5.70. The molecule has 0 fully saturated rings. The molecule has 1 heterocycles. The van der Waals surface area contributed by atoms with Gasteiger partial charge in [-0.2, -0.15) is 0 Å². The summed E-state index contributed by atoms with van der Waals surface area (Å²) in [7, 11) is 0. The molecule has 0 saturated carbocycles. The highest BCUT2D eigenvalue weighted by molar-refractivity contribution is 5.93. The normalized spacial score (nSPS) is 10.9. The molecular weight excluding hydrogens is 448 g/mol. The van der Waals surface area contributed by atoms with E-state index < -0.39 is 0 Å². The number of aromatic nitrogens is 2. The number of nitrogens with one attached hydrogen (secondary N) is 2. The largest absolute Gasteiger partial charge is 0.326 e. The monoisotopic (exact) mass is 478 g/mol. The van der Waals surface area contributed by atoms with Gasteiger partial charge in [-0.15, -0.1) is 0 Å². The number of benzene rings is 3. The summed E-state index contributed by atoms with van der Waals surface area (Å²) >= 11 is 0. The lowest BCUT2D eigenvalue weighted by Gasteiger charge is -2.12. The molecule has 182 valence electrons. The summed E-state index contributed by atoms with van der Waals surface area (Å²) < 4.78 is 0. The minimum atomic E-state index is -0.0902. The number of carbonyl (C=O) groups excluding carboxylic acids is 2. The van der Waals surface area contributed by atoms with Gasteiger partial charge in [0.1, 0.15) is 0 Å². The summed E-state index contributed by atoms with van der Waals surface area (Å²) in [6.45, 7) is 7.45. The number of hydrogen-bond donors (Lipinski definition) is 2. The number of anilines is 2. The fraction of sp³-hybridized carbons (Fsp3) is 0.200. The molecule has 4 aromatic rings. The number of carbonyl (C=O) groups is 2. The van der Waals surface area contributed by atoms with Crippen molar-refractivity contribution in [1.29, 1.82) is 0 Å². The van der Waals surface area contributed by atoms with Gasteiger partial charge in [0.05, 0.1) is 11.4 Å². The molecule has 0 aliphatic carbocycles. The molecule has 4 rings (SSSR count).